The van der Waals surface area contributed by atoms with Crippen LogP contribution in [0.2, 0.25) is 0 Å². The van der Waals surface area contributed by atoms with Gasteiger partial charge in [0, 0.05) is 6.07 Å². The minimum absolute atomic E-state index is 0.230. The van der Waals surface area contributed by atoms with Gasteiger partial charge in [-0.1, -0.05) is 12.5 Å². The molecule has 0 spiro atoms. The zero-order valence-electron chi connectivity index (χ0n) is 10.9. The molecule has 1 atom stereocenters. The highest BCUT2D eigenvalue weighted by Gasteiger charge is 2.19. The molecule has 1 aromatic carbocycles. The maximum Gasteiger partial charge on any atom is 0.192 e. The Morgan fingerprint density at radius 3 is 3.11 bits per heavy atom. The average molecular weight is 259 g/mol. The van der Waals surface area contributed by atoms with Gasteiger partial charge in [0.25, 0.3) is 0 Å². The van der Waals surface area contributed by atoms with Gasteiger partial charge in [0.05, 0.1) is 18.8 Å². The van der Waals surface area contributed by atoms with Crippen molar-refractivity contribution in [1.82, 2.24) is 25.5 Å². The first-order valence-corrected chi connectivity index (χ1v) is 6.54. The lowest BCUT2D eigenvalue weighted by Crippen LogP contribution is -2.27. The predicted molar refractivity (Wildman–Crippen MR) is 70.3 cm³/mol. The molecular weight excluding hydrogens is 242 g/mol. The second kappa shape index (κ2) is 5.36. The summed E-state index contributed by atoms with van der Waals surface area (Å²) in [5, 5.41) is 16.1. The molecule has 0 bridgehead atoms. The molecule has 2 aromatic rings. The minimum Gasteiger partial charge on any atom is -0.497 e. The summed E-state index contributed by atoms with van der Waals surface area (Å²) in [6, 6.07) is 7.86. The first-order chi connectivity index (χ1) is 9.36. The van der Waals surface area contributed by atoms with Gasteiger partial charge in [0.15, 0.2) is 5.82 Å². The van der Waals surface area contributed by atoms with Gasteiger partial charge in [-0.25, -0.2) is 0 Å². The van der Waals surface area contributed by atoms with Crippen LogP contribution >= 0.6 is 0 Å². The molecule has 0 aliphatic carbocycles. The van der Waals surface area contributed by atoms with Crippen LogP contribution in [0.3, 0.4) is 0 Å². The zero-order valence-corrected chi connectivity index (χ0v) is 10.9. The molecule has 1 N–H and O–H groups in total. The Hall–Kier alpha value is -1.95. The smallest absolute Gasteiger partial charge is 0.192 e. The fraction of sp³-hybridized carbons (Fsp3) is 0.462. The summed E-state index contributed by atoms with van der Waals surface area (Å²) < 4.78 is 5.20. The standard InChI is InChI=1S/C13H17N5O/c1-19-11-6-4-5-10(9-11)18-16-13(15-17-18)12-7-2-3-8-14-12/h4-6,9,12,14H,2-3,7-8H2,1H3. The molecule has 3 rings (SSSR count). The van der Waals surface area contributed by atoms with Crippen molar-refractivity contribution in [2.75, 3.05) is 13.7 Å². The number of ether oxygens (including phenoxy) is 1. The molecule has 19 heavy (non-hydrogen) atoms. The highest BCUT2D eigenvalue weighted by molar-refractivity contribution is 5.37. The van der Waals surface area contributed by atoms with Crippen LogP contribution in [0, 0.1) is 0 Å². The van der Waals surface area contributed by atoms with Crippen LogP contribution in [0.5, 0.6) is 5.75 Å². The van der Waals surface area contributed by atoms with Crippen molar-refractivity contribution in [3.8, 4) is 11.4 Å². The highest BCUT2D eigenvalue weighted by Crippen LogP contribution is 2.20. The first-order valence-electron chi connectivity index (χ1n) is 6.54. The van der Waals surface area contributed by atoms with Crippen molar-refractivity contribution in [2.45, 2.75) is 25.3 Å². The second-order valence-electron chi connectivity index (χ2n) is 4.64. The van der Waals surface area contributed by atoms with Gasteiger partial charge in [0.1, 0.15) is 5.75 Å². The predicted octanol–water partition coefficient (Wildman–Crippen LogP) is 1.49. The molecule has 6 heteroatoms. The topological polar surface area (TPSA) is 64.9 Å². The number of hydrogen-bond donors (Lipinski definition) is 1. The van der Waals surface area contributed by atoms with E-state index in [1.165, 1.54) is 12.8 Å². The lowest BCUT2D eigenvalue weighted by Gasteiger charge is -2.19. The summed E-state index contributed by atoms with van der Waals surface area (Å²) >= 11 is 0. The van der Waals surface area contributed by atoms with E-state index in [2.05, 4.69) is 20.7 Å². The van der Waals surface area contributed by atoms with E-state index in [-0.39, 0.29) is 6.04 Å². The van der Waals surface area contributed by atoms with Crippen LogP contribution in [-0.4, -0.2) is 33.9 Å². The van der Waals surface area contributed by atoms with Gasteiger partial charge in [-0.2, -0.15) is 0 Å². The number of benzene rings is 1. The lowest BCUT2D eigenvalue weighted by atomic mass is 10.1. The van der Waals surface area contributed by atoms with Crippen LogP contribution in [0.4, 0.5) is 0 Å². The molecule has 6 nitrogen and oxygen atoms in total. The molecule has 1 aromatic heterocycles. The Balaban J connectivity index is 1.83. The van der Waals surface area contributed by atoms with Crippen molar-refractivity contribution >= 4 is 0 Å². The average Bonchev–Trinajstić information content (AvgIpc) is 2.98. The van der Waals surface area contributed by atoms with Crippen molar-refractivity contribution in [2.24, 2.45) is 0 Å². The summed E-state index contributed by atoms with van der Waals surface area (Å²) in [7, 11) is 1.64. The summed E-state index contributed by atoms with van der Waals surface area (Å²) in [5.74, 6) is 1.55. The van der Waals surface area contributed by atoms with Gasteiger partial charge in [-0.3, -0.25) is 0 Å². The fourth-order valence-electron chi connectivity index (χ4n) is 2.28. The molecule has 1 aliphatic rings. The number of rotatable bonds is 3. The maximum absolute atomic E-state index is 5.20. The normalized spacial score (nSPS) is 19.3. The van der Waals surface area contributed by atoms with Crippen molar-refractivity contribution in [1.29, 1.82) is 0 Å². The van der Waals surface area contributed by atoms with Crippen LogP contribution in [0.1, 0.15) is 31.1 Å². The van der Waals surface area contributed by atoms with Gasteiger partial charge in [-0.05, 0) is 36.7 Å². The van der Waals surface area contributed by atoms with E-state index < -0.39 is 0 Å². The molecule has 0 radical (unpaired) electrons. The largest absolute Gasteiger partial charge is 0.497 e. The minimum atomic E-state index is 0.230. The fourth-order valence-corrected chi connectivity index (χ4v) is 2.28. The number of tetrazole rings is 1. The molecule has 0 saturated carbocycles. The first kappa shape index (κ1) is 12.1. The van der Waals surface area contributed by atoms with E-state index in [0.717, 1.165) is 30.2 Å². The van der Waals surface area contributed by atoms with Gasteiger partial charge in [-0.15, -0.1) is 15.0 Å². The quantitative estimate of drug-likeness (QED) is 0.904. The number of aromatic nitrogens is 4. The van der Waals surface area contributed by atoms with E-state index in [1.54, 1.807) is 11.9 Å². The number of hydrogen-bond acceptors (Lipinski definition) is 5. The maximum atomic E-state index is 5.20. The Labute approximate surface area is 111 Å². The Bertz CT molecular complexity index is 547. The Kier molecular flexibility index (Phi) is 3.41. The second-order valence-corrected chi connectivity index (χ2v) is 4.64. The molecule has 100 valence electrons. The van der Waals surface area contributed by atoms with Crippen LogP contribution in [-0.2, 0) is 0 Å². The van der Waals surface area contributed by atoms with Gasteiger partial charge >= 0.3 is 0 Å². The molecule has 2 heterocycles. The highest BCUT2D eigenvalue weighted by atomic mass is 16.5. The SMILES string of the molecule is COc1cccc(-n2nnc(C3CCCCN3)n2)c1. The molecule has 1 fully saturated rings. The summed E-state index contributed by atoms with van der Waals surface area (Å²) in [5.41, 5.74) is 0.855. The molecule has 1 aliphatic heterocycles. The van der Waals surface area contributed by atoms with Gasteiger partial charge in [0.2, 0.25) is 0 Å². The van der Waals surface area contributed by atoms with E-state index >= 15 is 0 Å². The van der Waals surface area contributed by atoms with Gasteiger partial charge < -0.3 is 10.1 Å². The van der Waals surface area contributed by atoms with Crippen LogP contribution in [0.25, 0.3) is 5.69 Å². The number of nitrogens with one attached hydrogen (secondary N) is 1. The van der Waals surface area contributed by atoms with E-state index in [9.17, 15) is 0 Å². The number of methoxy groups -OCH3 is 1. The van der Waals surface area contributed by atoms with Crippen molar-refractivity contribution in [3.63, 3.8) is 0 Å². The number of nitrogens with zero attached hydrogens (tertiary/aromatic N) is 4. The molecule has 1 unspecified atom stereocenters. The van der Waals surface area contributed by atoms with E-state index in [1.807, 2.05) is 24.3 Å². The molecule has 0 amide bonds. The van der Waals surface area contributed by atoms with Crippen molar-refractivity contribution in [3.05, 3.63) is 30.1 Å². The number of piperidine rings is 1. The summed E-state index contributed by atoms with van der Waals surface area (Å²) in [6.45, 7) is 1.03. The third kappa shape index (κ3) is 2.58. The Morgan fingerprint density at radius 2 is 2.32 bits per heavy atom. The monoisotopic (exact) mass is 259 g/mol. The third-order valence-electron chi connectivity index (χ3n) is 3.34. The van der Waals surface area contributed by atoms with Crippen LogP contribution < -0.4 is 10.1 Å². The summed E-state index contributed by atoms with van der Waals surface area (Å²) in [4.78, 5) is 1.55. The van der Waals surface area contributed by atoms with E-state index in [0.29, 0.717) is 0 Å². The molecule has 1 saturated heterocycles. The molecular formula is C13H17N5O. The lowest BCUT2D eigenvalue weighted by molar-refractivity contribution is 0.397. The van der Waals surface area contributed by atoms with E-state index in [4.69, 9.17) is 4.74 Å². The Morgan fingerprint density at radius 1 is 1.37 bits per heavy atom. The van der Waals surface area contributed by atoms with Crippen molar-refractivity contribution < 1.29 is 4.74 Å². The van der Waals surface area contributed by atoms with Crippen LogP contribution in [0.15, 0.2) is 24.3 Å². The zero-order chi connectivity index (χ0) is 13.1. The summed E-state index contributed by atoms with van der Waals surface area (Å²) in [6.07, 6.45) is 3.51. The third-order valence-corrected chi connectivity index (χ3v) is 3.34.